The number of benzene rings is 1. The summed E-state index contributed by atoms with van der Waals surface area (Å²) in [5.41, 5.74) is 0.881. The molecule has 28 heavy (non-hydrogen) atoms. The smallest absolute Gasteiger partial charge is 0.225 e. The Bertz CT molecular complexity index is 816. The van der Waals surface area contributed by atoms with Gasteiger partial charge < -0.3 is 19.7 Å². The molecule has 0 aliphatic carbocycles. The number of piperidine rings is 1. The molecule has 8 heteroatoms. The van der Waals surface area contributed by atoms with Gasteiger partial charge in [0, 0.05) is 18.7 Å². The molecule has 150 valence electrons. The number of nitrogens with zero attached hydrogens (tertiary/aromatic N) is 3. The average Bonchev–Trinajstić information content (AvgIpc) is 2.73. The number of rotatable bonds is 6. The first-order valence-corrected chi connectivity index (χ1v) is 9.66. The zero-order valence-corrected chi connectivity index (χ0v) is 17.1. The van der Waals surface area contributed by atoms with E-state index in [2.05, 4.69) is 20.4 Å². The maximum absolute atomic E-state index is 12.9. The summed E-state index contributed by atoms with van der Waals surface area (Å²) >= 11 is 5.82. The van der Waals surface area contributed by atoms with E-state index in [1.807, 2.05) is 31.2 Å². The molecule has 7 nitrogen and oxygen atoms in total. The van der Waals surface area contributed by atoms with Crippen molar-refractivity contribution in [3.63, 3.8) is 0 Å². The van der Waals surface area contributed by atoms with Gasteiger partial charge in [-0.25, -0.2) is 0 Å². The normalized spacial score (nSPS) is 17.7. The van der Waals surface area contributed by atoms with Gasteiger partial charge in [0.05, 0.1) is 26.2 Å². The lowest BCUT2D eigenvalue weighted by atomic mass is 9.96. The topological polar surface area (TPSA) is 76.6 Å². The Hall–Kier alpha value is -2.54. The van der Waals surface area contributed by atoms with Crippen LogP contribution in [0.25, 0.3) is 0 Å². The standard InChI is InChI=1S/C20H25ClN4O3/c1-13(16-11-15(27-2)6-7-17(16)28-3)22-20(26)14-5-4-10-25(12-14)19-9-8-18(21)23-24-19/h6-9,11,13-14H,4-5,10,12H2,1-3H3,(H,22,26)/t13-,14-/m0/s1. The summed E-state index contributed by atoms with van der Waals surface area (Å²) in [5.74, 6) is 2.08. The van der Waals surface area contributed by atoms with Crippen LogP contribution in [-0.4, -0.2) is 43.4 Å². The van der Waals surface area contributed by atoms with Crippen LogP contribution in [-0.2, 0) is 4.79 Å². The average molecular weight is 405 g/mol. The molecule has 1 saturated heterocycles. The Morgan fingerprint density at radius 1 is 1.25 bits per heavy atom. The maximum Gasteiger partial charge on any atom is 0.225 e. The SMILES string of the molecule is COc1ccc(OC)c([C@H](C)NC(=O)[C@H]2CCCN(c3ccc(Cl)nn3)C2)c1. The molecule has 0 unspecified atom stereocenters. The van der Waals surface area contributed by atoms with Crippen LogP contribution in [0.1, 0.15) is 31.4 Å². The third-order valence-corrected chi connectivity index (χ3v) is 5.20. The Kier molecular flexibility index (Phi) is 6.57. The highest BCUT2D eigenvalue weighted by atomic mass is 35.5. The Balaban J connectivity index is 1.67. The van der Waals surface area contributed by atoms with Gasteiger partial charge in [-0.05, 0) is 50.1 Å². The summed E-state index contributed by atoms with van der Waals surface area (Å²) < 4.78 is 10.7. The Morgan fingerprint density at radius 2 is 2.07 bits per heavy atom. The Labute approximate surface area is 170 Å². The van der Waals surface area contributed by atoms with E-state index in [4.69, 9.17) is 21.1 Å². The van der Waals surface area contributed by atoms with Crippen LogP contribution in [0, 0.1) is 5.92 Å². The quantitative estimate of drug-likeness (QED) is 0.796. The summed E-state index contributed by atoms with van der Waals surface area (Å²) in [5, 5.41) is 11.5. The van der Waals surface area contributed by atoms with E-state index in [1.54, 1.807) is 20.3 Å². The monoisotopic (exact) mass is 404 g/mol. The first kappa shape index (κ1) is 20.2. The van der Waals surface area contributed by atoms with Crippen molar-refractivity contribution in [3.05, 3.63) is 41.0 Å². The van der Waals surface area contributed by atoms with Crippen molar-refractivity contribution in [1.29, 1.82) is 0 Å². The molecular formula is C20H25ClN4O3. The highest BCUT2D eigenvalue weighted by molar-refractivity contribution is 6.29. The fourth-order valence-electron chi connectivity index (χ4n) is 3.46. The summed E-state index contributed by atoms with van der Waals surface area (Å²) in [6.45, 7) is 3.39. The first-order valence-electron chi connectivity index (χ1n) is 9.28. The summed E-state index contributed by atoms with van der Waals surface area (Å²) in [4.78, 5) is 15.0. The van der Waals surface area contributed by atoms with Gasteiger partial charge in [0.15, 0.2) is 11.0 Å². The van der Waals surface area contributed by atoms with E-state index < -0.39 is 0 Å². The minimum absolute atomic E-state index is 0.0176. The minimum Gasteiger partial charge on any atom is -0.497 e. The first-order chi connectivity index (χ1) is 13.5. The molecule has 1 amide bonds. The largest absolute Gasteiger partial charge is 0.497 e. The van der Waals surface area contributed by atoms with E-state index in [-0.39, 0.29) is 17.9 Å². The second-order valence-corrected chi connectivity index (χ2v) is 7.22. The third-order valence-electron chi connectivity index (χ3n) is 5.00. The molecule has 1 aromatic carbocycles. The van der Waals surface area contributed by atoms with Gasteiger partial charge in [-0.3, -0.25) is 4.79 Å². The number of halogens is 1. The van der Waals surface area contributed by atoms with Gasteiger partial charge >= 0.3 is 0 Å². The zero-order chi connectivity index (χ0) is 20.1. The van der Waals surface area contributed by atoms with Gasteiger partial charge in [-0.15, -0.1) is 10.2 Å². The number of nitrogens with one attached hydrogen (secondary N) is 1. The number of amides is 1. The highest BCUT2D eigenvalue weighted by Gasteiger charge is 2.28. The van der Waals surface area contributed by atoms with E-state index in [9.17, 15) is 4.79 Å². The predicted molar refractivity (Wildman–Crippen MR) is 108 cm³/mol. The molecule has 1 fully saturated rings. The molecule has 3 rings (SSSR count). The van der Waals surface area contributed by atoms with Crippen molar-refractivity contribution in [2.45, 2.75) is 25.8 Å². The van der Waals surface area contributed by atoms with Crippen molar-refractivity contribution in [1.82, 2.24) is 15.5 Å². The molecule has 0 radical (unpaired) electrons. The number of methoxy groups -OCH3 is 2. The molecule has 1 aromatic heterocycles. The lowest BCUT2D eigenvalue weighted by Gasteiger charge is -2.33. The van der Waals surface area contributed by atoms with Crippen molar-refractivity contribution in [2.24, 2.45) is 5.92 Å². The number of aromatic nitrogens is 2. The maximum atomic E-state index is 12.9. The van der Waals surface area contributed by atoms with Gasteiger partial charge in [0.2, 0.25) is 5.91 Å². The number of hydrogen-bond donors (Lipinski definition) is 1. The molecule has 1 aliphatic rings. The van der Waals surface area contributed by atoms with Crippen molar-refractivity contribution in [2.75, 3.05) is 32.2 Å². The second-order valence-electron chi connectivity index (χ2n) is 6.84. The summed E-state index contributed by atoms with van der Waals surface area (Å²) in [6, 6.07) is 8.91. The molecule has 0 saturated carbocycles. The molecular weight excluding hydrogens is 380 g/mol. The molecule has 1 aliphatic heterocycles. The van der Waals surface area contributed by atoms with E-state index in [0.717, 1.165) is 42.3 Å². The molecule has 0 spiro atoms. The van der Waals surface area contributed by atoms with Crippen LogP contribution >= 0.6 is 11.6 Å². The van der Waals surface area contributed by atoms with Crippen LogP contribution in [0.4, 0.5) is 5.82 Å². The van der Waals surface area contributed by atoms with Crippen molar-refractivity contribution < 1.29 is 14.3 Å². The number of anilines is 1. The molecule has 1 N–H and O–H groups in total. The Morgan fingerprint density at radius 3 is 2.75 bits per heavy atom. The lowest BCUT2D eigenvalue weighted by molar-refractivity contribution is -0.125. The van der Waals surface area contributed by atoms with Crippen LogP contribution < -0.4 is 19.7 Å². The third kappa shape index (κ3) is 4.65. The fraction of sp³-hybridized carbons (Fsp3) is 0.450. The second kappa shape index (κ2) is 9.10. The van der Waals surface area contributed by atoms with Gasteiger partial charge in [0.1, 0.15) is 11.5 Å². The molecule has 0 bridgehead atoms. The number of hydrogen-bond acceptors (Lipinski definition) is 6. The highest BCUT2D eigenvalue weighted by Crippen LogP contribution is 2.30. The molecule has 2 heterocycles. The fourth-order valence-corrected chi connectivity index (χ4v) is 3.56. The number of carbonyl (C=O) groups is 1. The van der Waals surface area contributed by atoms with Crippen LogP contribution in [0.2, 0.25) is 5.15 Å². The van der Waals surface area contributed by atoms with Crippen molar-refractivity contribution in [3.8, 4) is 11.5 Å². The van der Waals surface area contributed by atoms with E-state index in [1.165, 1.54) is 0 Å². The molecule has 2 atom stereocenters. The van der Waals surface area contributed by atoms with Crippen LogP contribution in [0.15, 0.2) is 30.3 Å². The zero-order valence-electron chi connectivity index (χ0n) is 16.3. The van der Waals surface area contributed by atoms with Gasteiger partial charge in [0.25, 0.3) is 0 Å². The van der Waals surface area contributed by atoms with Gasteiger partial charge in [-0.1, -0.05) is 11.6 Å². The van der Waals surface area contributed by atoms with Crippen molar-refractivity contribution >= 4 is 23.3 Å². The predicted octanol–water partition coefficient (Wildman–Crippen LogP) is 3.24. The van der Waals surface area contributed by atoms with E-state index in [0.29, 0.717) is 11.7 Å². The molecule has 2 aromatic rings. The number of ether oxygens (including phenoxy) is 2. The summed E-state index contributed by atoms with van der Waals surface area (Å²) in [6.07, 6.45) is 1.75. The van der Waals surface area contributed by atoms with E-state index >= 15 is 0 Å². The minimum atomic E-state index is -0.205. The number of carbonyl (C=O) groups excluding carboxylic acids is 1. The van der Waals surface area contributed by atoms with Crippen LogP contribution in [0.3, 0.4) is 0 Å². The summed E-state index contributed by atoms with van der Waals surface area (Å²) in [7, 11) is 3.23. The lowest BCUT2D eigenvalue weighted by Crippen LogP contribution is -2.44. The van der Waals surface area contributed by atoms with Crippen LogP contribution in [0.5, 0.6) is 11.5 Å². The van der Waals surface area contributed by atoms with Gasteiger partial charge in [-0.2, -0.15) is 0 Å².